The van der Waals surface area contributed by atoms with E-state index < -0.39 is 0 Å². The van der Waals surface area contributed by atoms with Crippen LogP contribution in [-0.2, 0) is 4.79 Å². The highest BCUT2D eigenvalue weighted by Crippen LogP contribution is 2.03. The molecule has 0 bridgehead atoms. The standard InChI is InChI=1S/C5H10BNO/c6-5(8)4-2-1-3-7-4/h4,7H,1-3,6H2. The lowest BCUT2D eigenvalue weighted by Gasteiger charge is -2.01. The van der Waals surface area contributed by atoms with Crippen LogP contribution in [-0.4, -0.2) is 26.1 Å². The molecule has 0 aliphatic carbocycles. The molecule has 0 aromatic carbocycles. The minimum atomic E-state index is 0.176. The van der Waals surface area contributed by atoms with Crippen LogP contribution in [0.4, 0.5) is 0 Å². The fraction of sp³-hybridized carbons (Fsp3) is 0.800. The van der Waals surface area contributed by atoms with Crippen LogP contribution < -0.4 is 5.32 Å². The van der Waals surface area contributed by atoms with Gasteiger partial charge in [-0.25, -0.2) is 0 Å². The van der Waals surface area contributed by atoms with Crippen LogP contribution >= 0.6 is 0 Å². The molecule has 1 rings (SSSR count). The Labute approximate surface area is 50.1 Å². The molecular formula is C5H10BNO. The van der Waals surface area contributed by atoms with Crippen molar-refractivity contribution in [1.82, 2.24) is 5.32 Å². The molecule has 0 spiro atoms. The van der Waals surface area contributed by atoms with Gasteiger partial charge < -0.3 is 10.1 Å². The summed E-state index contributed by atoms with van der Waals surface area (Å²) in [6, 6.07) is 0.176. The van der Waals surface area contributed by atoms with Crippen LogP contribution in [0.15, 0.2) is 0 Å². The van der Waals surface area contributed by atoms with Crippen molar-refractivity contribution in [3.8, 4) is 0 Å². The van der Waals surface area contributed by atoms with Crippen molar-refractivity contribution in [2.45, 2.75) is 18.9 Å². The van der Waals surface area contributed by atoms with Crippen LogP contribution in [0, 0.1) is 0 Å². The van der Waals surface area contributed by atoms with Crippen LogP contribution in [0.25, 0.3) is 0 Å². The Balaban J connectivity index is 2.35. The summed E-state index contributed by atoms with van der Waals surface area (Å²) in [5, 5.41) is 3.11. The molecule has 1 aliphatic rings. The van der Waals surface area contributed by atoms with Crippen LogP contribution in [0.5, 0.6) is 0 Å². The van der Waals surface area contributed by atoms with Gasteiger partial charge >= 0.3 is 0 Å². The van der Waals surface area contributed by atoms with Crippen LogP contribution in [0.2, 0.25) is 0 Å². The second-order valence-corrected chi connectivity index (χ2v) is 2.26. The quantitative estimate of drug-likeness (QED) is 0.435. The van der Waals surface area contributed by atoms with Gasteiger partial charge in [0.1, 0.15) is 0 Å². The van der Waals surface area contributed by atoms with Crippen molar-refractivity contribution < 1.29 is 4.79 Å². The van der Waals surface area contributed by atoms with E-state index in [4.69, 9.17) is 0 Å². The smallest absolute Gasteiger partial charge is 0.189 e. The van der Waals surface area contributed by atoms with Gasteiger partial charge in [-0.15, -0.1) is 0 Å². The van der Waals surface area contributed by atoms with E-state index in [1.54, 1.807) is 7.85 Å². The highest BCUT2D eigenvalue weighted by atomic mass is 16.1. The Morgan fingerprint density at radius 2 is 2.50 bits per heavy atom. The van der Waals surface area contributed by atoms with E-state index in [1.807, 2.05) is 0 Å². The summed E-state index contributed by atoms with van der Waals surface area (Å²) in [7, 11) is 1.64. The van der Waals surface area contributed by atoms with Crippen LogP contribution in [0.1, 0.15) is 12.8 Å². The average molecular weight is 111 g/mol. The molecule has 0 amide bonds. The van der Waals surface area contributed by atoms with Gasteiger partial charge in [0.2, 0.25) is 0 Å². The summed E-state index contributed by atoms with van der Waals surface area (Å²) in [4.78, 5) is 10.6. The highest BCUT2D eigenvalue weighted by Gasteiger charge is 2.16. The largest absolute Gasteiger partial charge is 0.310 e. The van der Waals surface area contributed by atoms with E-state index in [-0.39, 0.29) is 11.7 Å². The summed E-state index contributed by atoms with van der Waals surface area (Å²) in [6.07, 6.45) is 2.19. The predicted molar refractivity (Wildman–Crippen MR) is 34.6 cm³/mol. The van der Waals surface area contributed by atoms with Gasteiger partial charge in [-0.2, -0.15) is 0 Å². The molecule has 0 aromatic rings. The minimum Gasteiger partial charge on any atom is -0.310 e. The summed E-state index contributed by atoms with van der Waals surface area (Å²) in [6.45, 7) is 1.02. The number of carbonyl (C=O) groups excluding carboxylic acids is 1. The number of carbonyl (C=O) groups is 1. The SMILES string of the molecule is BC(=O)C1CCCN1. The summed E-state index contributed by atoms with van der Waals surface area (Å²) in [5.74, 6) is 0. The molecule has 8 heavy (non-hydrogen) atoms. The number of hydrogen-bond donors (Lipinski definition) is 1. The van der Waals surface area contributed by atoms with E-state index in [0.29, 0.717) is 0 Å². The molecule has 1 heterocycles. The highest BCUT2D eigenvalue weighted by molar-refractivity contribution is 6.59. The topological polar surface area (TPSA) is 29.1 Å². The Kier molecular flexibility index (Phi) is 1.68. The first-order valence-electron chi connectivity index (χ1n) is 3.04. The first-order chi connectivity index (χ1) is 3.80. The number of rotatable bonds is 1. The fourth-order valence-electron chi connectivity index (χ4n) is 1.03. The Bertz CT molecular complexity index is 98.6. The first kappa shape index (κ1) is 5.82. The maximum Gasteiger partial charge on any atom is 0.189 e. The van der Waals surface area contributed by atoms with Gasteiger partial charge in [0.15, 0.2) is 7.85 Å². The molecule has 1 saturated heterocycles. The Morgan fingerprint density at radius 3 is 2.75 bits per heavy atom. The Morgan fingerprint density at radius 1 is 1.75 bits per heavy atom. The predicted octanol–water partition coefficient (Wildman–Crippen LogP) is -1.10. The van der Waals surface area contributed by atoms with E-state index in [9.17, 15) is 4.79 Å². The van der Waals surface area contributed by atoms with Gasteiger partial charge in [0.05, 0.1) is 11.7 Å². The molecule has 1 aliphatic heterocycles. The summed E-state index contributed by atoms with van der Waals surface area (Å²) in [5.41, 5.74) is 0.280. The van der Waals surface area contributed by atoms with Crippen molar-refractivity contribution in [2.24, 2.45) is 0 Å². The van der Waals surface area contributed by atoms with E-state index >= 15 is 0 Å². The first-order valence-corrected chi connectivity index (χ1v) is 3.04. The van der Waals surface area contributed by atoms with E-state index in [0.717, 1.165) is 19.4 Å². The van der Waals surface area contributed by atoms with Crippen molar-refractivity contribution in [2.75, 3.05) is 6.54 Å². The summed E-state index contributed by atoms with van der Waals surface area (Å²) < 4.78 is 0. The molecule has 1 atom stereocenters. The zero-order valence-corrected chi connectivity index (χ0v) is 5.11. The van der Waals surface area contributed by atoms with Gasteiger partial charge in [-0.3, -0.25) is 0 Å². The lowest BCUT2D eigenvalue weighted by Crippen LogP contribution is -2.30. The van der Waals surface area contributed by atoms with Crippen molar-refractivity contribution in [3.05, 3.63) is 0 Å². The zero-order valence-electron chi connectivity index (χ0n) is 5.11. The van der Waals surface area contributed by atoms with Gasteiger partial charge in [-0.1, -0.05) is 0 Å². The molecule has 1 N–H and O–H groups in total. The van der Waals surface area contributed by atoms with Crippen molar-refractivity contribution in [3.63, 3.8) is 0 Å². The molecule has 2 nitrogen and oxygen atoms in total. The third kappa shape index (κ3) is 1.10. The average Bonchev–Trinajstić information content (AvgIpc) is 2.12. The second kappa shape index (κ2) is 2.31. The van der Waals surface area contributed by atoms with E-state index in [1.165, 1.54) is 0 Å². The molecule has 3 heteroatoms. The van der Waals surface area contributed by atoms with E-state index in [2.05, 4.69) is 5.32 Å². The minimum absolute atomic E-state index is 0.176. The van der Waals surface area contributed by atoms with Gasteiger partial charge in [0.25, 0.3) is 0 Å². The van der Waals surface area contributed by atoms with Crippen LogP contribution in [0.3, 0.4) is 0 Å². The molecular weight excluding hydrogens is 101 g/mol. The van der Waals surface area contributed by atoms with Crippen molar-refractivity contribution in [1.29, 1.82) is 0 Å². The molecule has 44 valence electrons. The number of nitrogens with one attached hydrogen (secondary N) is 1. The number of hydrogen-bond acceptors (Lipinski definition) is 2. The molecule has 0 aromatic heterocycles. The lowest BCUT2D eigenvalue weighted by molar-refractivity contribution is -0.113. The normalized spacial score (nSPS) is 28.2. The van der Waals surface area contributed by atoms with Gasteiger partial charge in [0, 0.05) is 0 Å². The molecule has 1 fully saturated rings. The maximum atomic E-state index is 10.6. The summed E-state index contributed by atoms with van der Waals surface area (Å²) >= 11 is 0. The Hall–Kier alpha value is -0.305. The molecule has 1 unspecified atom stereocenters. The third-order valence-corrected chi connectivity index (χ3v) is 1.55. The molecule has 0 radical (unpaired) electrons. The lowest BCUT2D eigenvalue weighted by atomic mass is 9.94. The third-order valence-electron chi connectivity index (χ3n) is 1.55. The zero-order chi connectivity index (χ0) is 5.98. The van der Waals surface area contributed by atoms with Crippen molar-refractivity contribution >= 4 is 13.5 Å². The maximum absolute atomic E-state index is 10.6. The van der Waals surface area contributed by atoms with Gasteiger partial charge in [-0.05, 0) is 19.4 Å². The second-order valence-electron chi connectivity index (χ2n) is 2.26. The molecule has 0 saturated carbocycles. The monoisotopic (exact) mass is 111 g/mol. The fourth-order valence-corrected chi connectivity index (χ4v) is 1.03.